The highest BCUT2D eigenvalue weighted by molar-refractivity contribution is 8.26. The molecule has 1 aliphatic rings. The fraction of sp³-hybridized carbons (Fsp3) is 0.0870. The van der Waals surface area contributed by atoms with Crippen molar-refractivity contribution in [3.8, 4) is 11.3 Å². The zero-order chi connectivity index (χ0) is 26.1. The molecular formula is C23H16Cl2N4O5S2. The lowest BCUT2D eigenvalue weighted by Gasteiger charge is -2.16. The van der Waals surface area contributed by atoms with E-state index >= 15 is 0 Å². The monoisotopic (exact) mass is 562 g/mol. The molecule has 0 atom stereocenters. The maximum atomic E-state index is 12.8. The molecule has 184 valence electrons. The molecule has 2 aromatic carbocycles. The normalized spacial score (nSPS) is 14.4. The van der Waals surface area contributed by atoms with E-state index in [0.717, 1.165) is 22.3 Å². The molecule has 0 saturated carbocycles. The summed E-state index contributed by atoms with van der Waals surface area (Å²) in [6.45, 7) is 3.47. The largest absolute Gasteiger partial charge is 0.457 e. The van der Waals surface area contributed by atoms with Crippen molar-refractivity contribution >= 4 is 80.9 Å². The molecule has 3 aromatic rings. The minimum atomic E-state index is -0.706. The highest BCUT2D eigenvalue weighted by Crippen LogP contribution is 2.34. The van der Waals surface area contributed by atoms with E-state index in [1.54, 1.807) is 38.1 Å². The molecule has 0 spiro atoms. The number of halogens is 2. The van der Waals surface area contributed by atoms with Gasteiger partial charge in [0.25, 0.3) is 11.6 Å². The Hall–Kier alpha value is -3.38. The number of thiocarbonyl (C=S) groups is 1. The lowest BCUT2D eigenvalue weighted by atomic mass is 10.0. The molecule has 2 heterocycles. The van der Waals surface area contributed by atoms with Crippen LogP contribution in [0.3, 0.4) is 0 Å². The second-order valence-corrected chi connectivity index (χ2v) is 10.1. The van der Waals surface area contributed by atoms with Crippen LogP contribution in [0.15, 0.2) is 51.8 Å². The smallest absolute Gasteiger partial charge is 0.338 e. The van der Waals surface area contributed by atoms with Crippen LogP contribution in [0, 0.1) is 24.0 Å². The molecule has 1 aromatic heterocycles. The van der Waals surface area contributed by atoms with Crippen LogP contribution in [0.4, 0.5) is 16.2 Å². The zero-order valence-electron chi connectivity index (χ0n) is 18.6. The molecule has 0 unspecified atom stereocenters. The van der Waals surface area contributed by atoms with Gasteiger partial charge in [-0.05, 0) is 68.0 Å². The van der Waals surface area contributed by atoms with Gasteiger partial charge < -0.3 is 9.73 Å². The van der Waals surface area contributed by atoms with Crippen LogP contribution in [0.1, 0.15) is 16.9 Å². The van der Waals surface area contributed by atoms with E-state index in [9.17, 15) is 19.7 Å². The van der Waals surface area contributed by atoms with Crippen molar-refractivity contribution in [2.45, 2.75) is 13.8 Å². The molecule has 1 saturated heterocycles. The Kier molecular flexibility index (Phi) is 7.36. The van der Waals surface area contributed by atoms with Gasteiger partial charge >= 0.3 is 6.03 Å². The van der Waals surface area contributed by atoms with Gasteiger partial charge in [0.2, 0.25) is 0 Å². The number of furan rings is 1. The van der Waals surface area contributed by atoms with Gasteiger partial charge in [-0.3, -0.25) is 14.9 Å². The van der Waals surface area contributed by atoms with Gasteiger partial charge in [0.05, 0.1) is 19.9 Å². The van der Waals surface area contributed by atoms with Crippen molar-refractivity contribution < 1.29 is 18.9 Å². The number of urea groups is 1. The van der Waals surface area contributed by atoms with E-state index < -0.39 is 16.9 Å². The van der Waals surface area contributed by atoms with E-state index in [4.69, 9.17) is 39.8 Å². The van der Waals surface area contributed by atoms with Crippen molar-refractivity contribution in [2.24, 2.45) is 0 Å². The number of anilines is 1. The Morgan fingerprint density at radius 3 is 2.61 bits per heavy atom. The van der Waals surface area contributed by atoms with Crippen molar-refractivity contribution in [3.63, 3.8) is 0 Å². The van der Waals surface area contributed by atoms with Gasteiger partial charge in [-0.15, -0.1) is 0 Å². The standard InChI is InChI=1S/C23H16Cl2N4O5S2/c1-11-7-13(8-18(12(11)2)29(32)33)19-6-4-15(34-19)10-20-21(30)28(23(35)36-20)27-22(31)26-14-3-5-16(24)17(25)9-14/h3-10H,1-2H3,(H2,26,27,31)/b20-10+. The Morgan fingerprint density at radius 1 is 1.17 bits per heavy atom. The fourth-order valence-electron chi connectivity index (χ4n) is 3.29. The van der Waals surface area contributed by atoms with Crippen LogP contribution in [-0.2, 0) is 4.79 Å². The van der Waals surface area contributed by atoms with Crippen LogP contribution in [0.25, 0.3) is 17.4 Å². The lowest BCUT2D eigenvalue weighted by molar-refractivity contribution is -0.385. The molecule has 0 aliphatic carbocycles. The number of amides is 3. The number of hydrogen-bond acceptors (Lipinski definition) is 7. The predicted molar refractivity (Wildman–Crippen MR) is 144 cm³/mol. The summed E-state index contributed by atoms with van der Waals surface area (Å²) in [5.74, 6) is 0.197. The number of nitrogens with zero attached hydrogens (tertiary/aromatic N) is 2. The third-order valence-electron chi connectivity index (χ3n) is 5.21. The van der Waals surface area contributed by atoms with Crippen molar-refractivity contribution in [2.75, 3.05) is 5.32 Å². The third-order valence-corrected chi connectivity index (χ3v) is 7.25. The van der Waals surface area contributed by atoms with Gasteiger partial charge in [0.1, 0.15) is 11.5 Å². The number of nitro groups is 1. The molecule has 4 rings (SSSR count). The van der Waals surface area contributed by atoms with Gasteiger partial charge in [0.15, 0.2) is 4.32 Å². The number of nitro benzene ring substituents is 1. The summed E-state index contributed by atoms with van der Waals surface area (Å²) < 4.78 is 5.93. The fourth-order valence-corrected chi connectivity index (χ4v) is 4.74. The molecule has 1 aliphatic heterocycles. The molecule has 3 amide bonds. The minimum Gasteiger partial charge on any atom is -0.457 e. The topological polar surface area (TPSA) is 118 Å². The average molecular weight is 563 g/mol. The molecule has 0 radical (unpaired) electrons. The number of rotatable bonds is 5. The van der Waals surface area contributed by atoms with Gasteiger partial charge in [0, 0.05) is 29.0 Å². The molecule has 36 heavy (non-hydrogen) atoms. The Balaban J connectivity index is 1.49. The van der Waals surface area contributed by atoms with Crippen LogP contribution in [0.5, 0.6) is 0 Å². The quantitative estimate of drug-likeness (QED) is 0.153. The van der Waals surface area contributed by atoms with Gasteiger partial charge in [-0.25, -0.2) is 10.2 Å². The number of nitrogens with one attached hydrogen (secondary N) is 2. The van der Waals surface area contributed by atoms with Crippen molar-refractivity contribution in [3.05, 3.63) is 84.4 Å². The Labute approximate surface area is 224 Å². The summed E-state index contributed by atoms with van der Waals surface area (Å²) in [5.41, 5.74) is 4.63. The van der Waals surface area contributed by atoms with Crippen molar-refractivity contribution in [1.29, 1.82) is 0 Å². The van der Waals surface area contributed by atoms with E-state index in [1.165, 1.54) is 24.3 Å². The number of thioether (sulfide) groups is 1. The maximum Gasteiger partial charge on any atom is 0.338 e. The summed E-state index contributed by atoms with van der Waals surface area (Å²) in [5, 5.41) is 15.4. The number of hydrogen-bond donors (Lipinski definition) is 2. The summed E-state index contributed by atoms with van der Waals surface area (Å²) in [6, 6.07) is 10.4. The molecule has 1 fully saturated rings. The van der Waals surface area contributed by atoms with Crippen LogP contribution < -0.4 is 10.7 Å². The lowest BCUT2D eigenvalue weighted by Crippen LogP contribution is -2.46. The number of carbonyl (C=O) groups excluding carboxylic acids is 2. The first kappa shape index (κ1) is 25.7. The van der Waals surface area contributed by atoms with E-state index in [-0.39, 0.29) is 19.9 Å². The number of carbonyl (C=O) groups is 2. The van der Waals surface area contributed by atoms with Crippen molar-refractivity contribution in [1.82, 2.24) is 10.4 Å². The third kappa shape index (κ3) is 5.39. The van der Waals surface area contributed by atoms with E-state index in [1.807, 2.05) is 0 Å². The van der Waals surface area contributed by atoms with Gasteiger partial charge in [-0.1, -0.05) is 35.0 Å². The summed E-state index contributed by atoms with van der Waals surface area (Å²) in [6.07, 6.45) is 1.48. The first-order chi connectivity index (χ1) is 17.0. The zero-order valence-corrected chi connectivity index (χ0v) is 21.8. The summed E-state index contributed by atoms with van der Waals surface area (Å²) in [7, 11) is 0. The highest BCUT2D eigenvalue weighted by Gasteiger charge is 2.34. The Morgan fingerprint density at radius 2 is 1.92 bits per heavy atom. The SMILES string of the molecule is Cc1cc(-c2ccc(/C=C3/SC(=S)N(NC(=O)Nc4ccc(Cl)c(Cl)c4)C3=O)o2)cc([N+](=O)[O-])c1C. The first-order valence-corrected chi connectivity index (χ1v) is 12.2. The van der Waals surface area contributed by atoms with Gasteiger partial charge in [-0.2, -0.15) is 5.01 Å². The maximum absolute atomic E-state index is 12.8. The second-order valence-electron chi connectivity index (χ2n) is 7.61. The van der Waals surface area contributed by atoms with Crippen LogP contribution in [0.2, 0.25) is 10.0 Å². The minimum absolute atomic E-state index is 0.00551. The van der Waals surface area contributed by atoms with Crippen LogP contribution in [-0.4, -0.2) is 26.2 Å². The predicted octanol–water partition coefficient (Wildman–Crippen LogP) is 6.72. The van der Waals surface area contributed by atoms with Crippen LogP contribution >= 0.6 is 47.2 Å². The highest BCUT2D eigenvalue weighted by atomic mass is 35.5. The number of benzene rings is 2. The van der Waals surface area contributed by atoms with E-state index in [0.29, 0.717) is 33.4 Å². The molecule has 9 nitrogen and oxygen atoms in total. The summed E-state index contributed by atoms with van der Waals surface area (Å²) in [4.78, 5) is 36.3. The number of aryl methyl sites for hydroxylation is 1. The molecule has 2 N–H and O–H groups in total. The first-order valence-electron chi connectivity index (χ1n) is 10.2. The van der Waals surface area contributed by atoms with E-state index in [2.05, 4.69) is 10.7 Å². The number of hydrazine groups is 1. The molecule has 0 bridgehead atoms. The average Bonchev–Trinajstić information content (AvgIpc) is 3.38. The molecule has 13 heteroatoms. The summed E-state index contributed by atoms with van der Waals surface area (Å²) >= 11 is 18.0. The Bertz CT molecular complexity index is 1470. The molecular weight excluding hydrogens is 547 g/mol. The second kappa shape index (κ2) is 10.3.